The van der Waals surface area contributed by atoms with E-state index in [9.17, 15) is 0 Å². The minimum Gasteiger partial charge on any atom is -0.346 e. The second-order valence-electron chi connectivity index (χ2n) is 6.37. The molecular formula is C16H27N3S2. The molecule has 1 N–H and O–H groups in total. The second-order valence-corrected chi connectivity index (χ2v) is 9.26. The van der Waals surface area contributed by atoms with Crippen molar-refractivity contribution in [3.63, 3.8) is 0 Å². The van der Waals surface area contributed by atoms with Crippen molar-refractivity contribution in [1.82, 2.24) is 10.3 Å². The Morgan fingerprint density at radius 1 is 1.29 bits per heavy atom. The summed E-state index contributed by atoms with van der Waals surface area (Å²) in [5, 5.41) is 6.40. The maximum absolute atomic E-state index is 5.00. The van der Waals surface area contributed by atoms with Crippen LogP contribution >= 0.6 is 23.1 Å². The lowest BCUT2D eigenvalue weighted by molar-refractivity contribution is 0.464. The van der Waals surface area contributed by atoms with E-state index in [1.54, 1.807) is 0 Å². The third-order valence-corrected chi connectivity index (χ3v) is 6.77. The highest BCUT2D eigenvalue weighted by Gasteiger charge is 2.29. The molecule has 118 valence electrons. The highest BCUT2D eigenvalue weighted by molar-refractivity contribution is 8.00. The predicted molar refractivity (Wildman–Crippen MR) is 94.8 cm³/mol. The van der Waals surface area contributed by atoms with Gasteiger partial charge in [-0.2, -0.15) is 11.8 Å². The smallest absolute Gasteiger partial charge is 0.185 e. The molecule has 1 aromatic heterocycles. The fourth-order valence-corrected chi connectivity index (χ4v) is 5.95. The van der Waals surface area contributed by atoms with Crippen LogP contribution in [0.1, 0.15) is 56.6 Å². The van der Waals surface area contributed by atoms with Crippen LogP contribution in [0, 0.1) is 0 Å². The standard InChI is InChI=1S/C16H27N3S2/c1-4-8-17-13-6-5-7-14-15(13)21-16(18-14)19-9-11(2)20-12(3)10-19/h11-13,17H,4-10H2,1-3H3. The molecular weight excluding hydrogens is 298 g/mol. The molecule has 0 spiro atoms. The van der Waals surface area contributed by atoms with Gasteiger partial charge in [-0.1, -0.05) is 32.1 Å². The maximum Gasteiger partial charge on any atom is 0.185 e. The van der Waals surface area contributed by atoms with Gasteiger partial charge in [-0.15, -0.1) is 0 Å². The van der Waals surface area contributed by atoms with Gasteiger partial charge in [-0.05, 0) is 32.2 Å². The van der Waals surface area contributed by atoms with Gasteiger partial charge in [-0.3, -0.25) is 0 Å². The number of thiazole rings is 1. The van der Waals surface area contributed by atoms with Gasteiger partial charge in [0.15, 0.2) is 5.13 Å². The van der Waals surface area contributed by atoms with Gasteiger partial charge in [0.2, 0.25) is 0 Å². The summed E-state index contributed by atoms with van der Waals surface area (Å²) >= 11 is 4.06. The Morgan fingerprint density at radius 3 is 2.76 bits per heavy atom. The number of fused-ring (bicyclic) bond motifs is 1. The summed E-state index contributed by atoms with van der Waals surface area (Å²) in [6.07, 6.45) is 4.93. The van der Waals surface area contributed by atoms with Crippen molar-refractivity contribution in [2.75, 3.05) is 24.5 Å². The zero-order valence-corrected chi connectivity index (χ0v) is 15.0. The molecule has 3 atom stereocenters. The average Bonchev–Trinajstić information content (AvgIpc) is 2.88. The topological polar surface area (TPSA) is 28.2 Å². The molecule has 21 heavy (non-hydrogen) atoms. The Balaban J connectivity index is 1.77. The summed E-state index contributed by atoms with van der Waals surface area (Å²) in [5.74, 6) is 0. The first-order valence-electron chi connectivity index (χ1n) is 8.30. The number of nitrogens with zero attached hydrogens (tertiary/aromatic N) is 2. The van der Waals surface area contributed by atoms with Gasteiger partial charge in [-0.25, -0.2) is 4.98 Å². The molecule has 1 saturated heterocycles. The number of anilines is 1. The minimum atomic E-state index is 0.550. The number of hydrogen-bond acceptors (Lipinski definition) is 5. The highest BCUT2D eigenvalue weighted by Crippen LogP contribution is 2.39. The number of thioether (sulfide) groups is 1. The van der Waals surface area contributed by atoms with Crippen molar-refractivity contribution >= 4 is 28.2 Å². The zero-order chi connectivity index (χ0) is 14.8. The van der Waals surface area contributed by atoms with E-state index in [1.165, 1.54) is 41.4 Å². The molecule has 1 fully saturated rings. The Morgan fingerprint density at radius 2 is 2.05 bits per heavy atom. The molecule has 1 aliphatic heterocycles. The SMILES string of the molecule is CCCNC1CCCc2nc(N3CC(C)SC(C)C3)sc21. The summed E-state index contributed by atoms with van der Waals surface area (Å²) in [5.41, 5.74) is 1.37. The van der Waals surface area contributed by atoms with Crippen molar-refractivity contribution in [3.05, 3.63) is 10.6 Å². The van der Waals surface area contributed by atoms with E-state index in [4.69, 9.17) is 4.98 Å². The van der Waals surface area contributed by atoms with Gasteiger partial charge in [0.05, 0.1) is 5.69 Å². The molecule has 2 aliphatic rings. The van der Waals surface area contributed by atoms with Crippen LogP contribution in [0.25, 0.3) is 0 Å². The van der Waals surface area contributed by atoms with Crippen molar-refractivity contribution in [3.8, 4) is 0 Å². The molecule has 0 amide bonds. The molecule has 1 aromatic rings. The molecule has 3 nitrogen and oxygen atoms in total. The minimum absolute atomic E-state index is 0.550. The van der Waals surface area contributed by atoms with Gasteiger partial charge < -0.3 is 10.2 Å². The van der Waals surface area contributed by atoms with E-state index in [2.05, 4.69) is 42.7 Å². The van der Waals surface area contributed by atoms with Crippen molar-refractivity contribution in [2.24, 2.45) is 0 Å². The van der Waals surface area contributed by atoms with Crippen LogP contribution in [-0.4, -0.2) is 35.1 Å². The lowest BCUT2D eigenvalue weighted by Gasteiger charge is -2.34. The number of nitrogens with one attached hydrogen (secondary N) is 1. The van der Waals surface area contributed by atoms with Crippen LogP contribution in [0.2, 0.25) is 0 Å². The summed E-state index contributed by atoms with van der Waals surface area (Å²) in [4.78, 5) is 9.03. The molecule has 0 bridgehead atoms. The molecule has 3 unspecified atom stereocenters. The van der Waals surface area contributed by atoms with E-state index in [1.807, 2.05) is 11.3 Å². The van der Waals surface area contributed by atoms with Crippen LogP contribution in [0.3, 0.4) is 0 Å². The first-order valence-corrected chi connectivity index (χ1v) is 10.1. The Kier molecular flexibility index (Phi) is 5.12. The second kappa shape index (κ2) is 6.88. The number of hydrogen-bond donors (Lipinski definition) is 1. The van der Waals surface area contributed by atoms with Crippen LogP contribution < -0.4 is 10.2 Å². The number of aryl methyl sites for hydroxylation is 1. The summed E-state index contributed by atoms with van der Waals surface area (Å²) in [6, 6.07) is 0.550. The summed E-state index contributed by atoms with van der Waals surface area (Å²) in [7, 11) is 0. The Labute approximate surface area is 136 Å². The molecule has 5 heteroatoms. The Hall–Kier alpha value is -0.260. The monoisotopic (exact) mass is 325 g/mol. The van der Waals surface area contributed by atoms with Crippen LogP contribution in [-0.2, 0) is 6.42 Å². The molecule has 2 heterocycles. The van der Waals surface area contributed by atoms with E-state index in [0.717, 1.165) is 19.6 Å². The quantitative estimate of drug-likeness (QED) is 0.910. The molecule has 0 saturated carbocycles. The van der Waals surface area contributed by atoms with Crippen LogP contribution in [0.15, 0.2) is 0 Å². The highest BCUT2D eigenvalue weighted by atomic mass is 32.2. The van der Waals surface area contributed by atoms with E-state index >= 15 is 0 Å². The van der Waals surface area contributed by atoms with Crippen molar-refractivity contribution in [1.29, 1.82) is 0 Å². The summed E-state index contributed by atoms with van der Waals surface area (Å²) < 4.78 is 0. The fraction of sp³-hybridized carbons (Fsp3) is 0.812. The molecule has 0 aromatic carbocycles. The lowest BCUT2D eigenvalue weighted by atomic mass is 9.98. The largest absolute Gasteiger partial charge is 0.346 e. The van der Waals surface area contributed by atoms with Crippen molar-refractivity contribution < 1.29 is 0 Å². The number of aromatic nitrogens is 1. The predicted octanol–water partition coefficient (Wildman–Crippen LogP) is 3.85. The third kappa shape index (κ3) is 3.57. The van der Waals surface area contributed by atoms with Gasteiger partial charge in [0, 0.05) is 34.5 Å². The molecule has 1 aliphatic carbocycles. The van der Waals surface area contributed by atoms with Gasteiger partial charge in [0.1, 0.15) is 0 Å². The van der Waals surface area contributed by atoms with Gasteiger partial charge >= 0.3 is 0 Å². The lowest BCUT2D eigenvalue weighted by Crippen LogP contribution is -2.40. The first-order chi connectivity index (χ1) is 10.2. The fourth-order valence-electron chi connectivity index (χ4n) is 3.39. The maximum atomic E-state index is 5.00. The normalized spacial score (nSPS) is 29.5. The zero-order valence-electron chi connectivity index (χ0n) is 13.4. The van der Waals surface area contributed by atoms with Crippen molar-refractivity contribution in [2.45, 2.75) is 63.0 Å². The van der Waals surface area contributed by atoms with Gasteiger partial charge in [0.25, 0.3) is 0 Å². The van der Waals surface area contributed by atoms with Crippen LogP contribution in [0.5, 0.6) is 0 Å². The van der Waals surface area contributed by atoms with E-state index < -0.39 is 0 Å². The first kappa shape index (κ1) is 15.6. The third-order valence-electron chi connectivity index (χ3n) is 4.27. The Bertz CT molecular complexity index is 464. The van der Waals surface area contributed by atoms with E-state index in [-0.39, 0.29) is 0 Å². The molecule has 0 radical (unpaired) electrons. The number of rotatable bonds is 4. The van der Waals surface area contributed by atoms with Crippen LogP contribution in [0.4, 0.5) is 5.13 Å². The molecule has 3 rings (SSSR count). The average molecular weight is 326 g/mol. The summed E-state index contributed by atoms with van der Waals surface area (Å²) in [6.45, 7) is 10.3. The van der Waals surface area contributed by atoms with E-state index in [0.29, 0.717) is 16.5 Å².